The maximum atomic E-state index is 14.0. The van der Waals surface area contributed by atoms with E-state index in [1.807, 2.05) is 13.8 Å². The predicted octanol–water partition coefficient (Wildman–Crippen LogP) is 3.05. The molecular weight excluding hydrogens is 489 g/mol. The summed E-state index contributed by atoms with van der Waals surface area (Å²) in [5, 5.41) is 6.95. The number of urea groups is 1. The summed E-state index contributed by atoms with van der Waals surface area (Å²) < 4.78 is 15.5. The van der Waals surface area contributed by atoms with Crippen LogP contribution in [0.1, 0.15) is 41.8 Å². The zero-order chi connectivity index (χ0) is 27.7. The van der Waals surface area contributed by atoms with Crippen LogP contribution in [0, 0.1) is 25.6 Å². The quantitative estimate of drug-likeness (QED) is 0.460. The molecule has 0 bridgehead atoms. The number of amides is 4. The molecule has 38 heavy (non-hydrogen) atoms. The summed E-state index contributed by atoms with van der Waals surface area (Å²) in [7, 11) is 3.28. The molecule has 3 atom stereocenters. The number of benzene rings is 1. The summed E-state index contributed by atoms with van der Waals surface area (Å²) >= 11 is 0. The molecule has 1 fully saturated rings. The lowest BCUT2D eigenvalue weighted by molar-refractivity contribution is -0.156. The number of aromatic nitrogens is 3. The van der Waals surface area contributed by atoms with Crippen LogP contribution in [0.4, 0.5) is 20.8 Å². The van der Waals surface area contributed by atoms with Gasteiger partial charge in [-0.15, -0.1) is 0 Å². The molecule has 0 saturated carbocycles. The maximum Gasteiger partial charge on any atom is 0.325 e. The van der Waals surface area contributed by atoms with Crippen LogP contribution in [-0.4, -0.2) is 50.6 Å². The number of nitrogens with two attached hydrogens (primary N) is 1. The third-order valence-electron chi connectivity index (χ3n) is 6.97. The molecule has 0 spiro atoms. The van der Waals surface area contributed by atoms with Crippen molar-refractivity contribution in [2.24, 2.45) is 13.0 Å². The topological polar surface area (TPSA) is 126 Å². The standard InChI is InChI=1S/C27H32FN7O3/c1-6-21(19-14-18(28)8-7-15(19)2)32-27(38)35-24(26(37)33(4)23-9-10-30-34(23)5)20(25(35)36)12-17-11-16(3)31-22(29)13-17/h7-11,13-14,20-21,24H,6,12H2,1-5H3,(H2,29,31)(H,32,38)/t20-,21?,24+/m1/s1. The van der Waals surface area contributed by atoms with Gasteiger partial charge in [0.25, 0.3) is 5.91 Å². The van der Waals surface area contributed by atoms with Crippen LogP contribution < -0.4 is 16.0 Å². The molecule has 1 unspecified atom stereocenters. The number of hydrogen-bond acceptors (Lipinski definition) is 6. The molecule has 0 aliphatic carbocycles. The molecular formula is C27H32FN7O3. The number of likely N-dealkylation sites (tertiary alicyclic amines) is 1. The largest absolute Gasteiger partial charge is 0.384 e. The van der Waals surface area contributed by atoms with Gasteiger partial charge in [-0.05, 0) is 67.6 Å². The van der Waals surface area contributed by atoms with E-state index in [0.717, 1.165) is 16.0 Å². The summed E-state index contributed by atoms with van der Waals surface area (Å²) in [6, 6.07) is 7.21. The molecule has 1 aliphatic rings. The molecule has 200 valence electrons. The number of nitrogens with zero attached hydrogens (tertiary/aromatic N) is 5. The van der Waals surface area contributed by atoms with Gasteiger partial charge >= 0.3 is 6.03 Å². The lowest BCUT2D eigenvalue weighted by Crippen LogP contribution is -2.70. The Kier molecular flexibility index (Phi) is 7.47. The first-order valence-electron chi connectivity index (χ1n) is 12.4. The normalized spacial score (nSPS) is 17.6. The molecule has 3 aromatic rings. The SMILES string of the molecule is CCC(NC(=O)N1C(=O)[C@H](Cc2cc(C)nc(N)c2)[C@H]1C(=O)N(C)c1ccnn1C)c1cc(F)ccc1C. The van der Waals surface area contributed by atoms with Gasteiger partial charge in [-0.2, -0.15) is 5.10 Å². The van der Waals surface area contributed by atoms with Crippen molar-refractivity contribution in [3.63, 3.8) is 0 Å². The number of halogens is 1. The zero-order valence-electron chi connectivity index (χ0n) is 22.1. The molecule has 1 aliphatic heterocycles. The summed E-state index contributed by atoms with van der Waals surface area (Å²) in [6.07, 6.45) is 2.24. The van der Waals surface area contributed by atoms with E-state index in [9.17, 15) is 18.8 Å². The van der Waals surface area contributed by atoms with Gasteiger partial charge in [0.15, 0.2) is 0 Å². The number of anilines is 2. The van der Waals surface area contributed by atoms with Crippen LogP contribution in [0.25, 0.3) is 0 Å². The first kappa shape index (κ1) is 26.8. The van der Waals surface area contributed by atoms with Crippen molar-refractivity contribution in [1.82, 2.24) is 25.0 Å². The Balaban J connectivity index is 1.63. The Morgan fingerprint density at radius 3 is 2.58 bits per heavy atom. The Hall–Kier alpha value is -4.28. The number of nitrogens with one attached hydrogen (secondary N) is 1. The average Bonchev–Trinajstić information content (AvgIpc) is 3.29. The van der Waals surface area contributed by atoms with E-state index >= 15 is 0 Å². The lowest BCUT2D eigenvalue weighted by atomic mass is 9.81. The number of imide groups is 1. The fourth-order valence-electron chi connectivity index (χ4n) is 5.01. The van der Waals surface area contributed by atoms with E-state index in [4.69, 9.17) is 5.73 Å². The van der Waals surface area contributed by atoms with E-state index in [2.05, 4.69) is 15.4 Å². The highest BCUT2D eigenvalue weighted by atomic mass is 19.1. The van der Waals surface area contributed by atoms with Gasteiger partial charge in [0, 0.05) is 25.9 Å². The molecule has 3 heterocycles. The summed E-state index contributed by atoms with van der Waals surface area (Å²) in [4.78, 5) is 47.1. The minimum atomic E-state index is -1.05. The van der Waals surface area contributed by atoms with Gasteiger partial charge in [-0.3, -0.25) is 24.1 Å². The van der Waals surface area contributed by atoms with Crippen molar-refractivity contribution < 1.29 is 18.8 Å². The van der Waals surface area contributed by atoms with Gasteiger partial charge in [-0.25, -0.2) is 14.2 Å². The molecule has 11 heteroatoms. The third-order valence-corrected chi connectivity index (χ3v) is 6.97. The lowest BCUT2D eigenvalue weighted by Gasteiger charge is -2.46. The van der Waals surface area contributed by atoms with Gasteiger partial charge in [-0.1, -0.05) is 13.0 Å². The zero-order valence-corrected chi connectivity index (χ0v) is 22.1. The molecule has 10 nitrogen and oxygen atoms in total. The minimum absolute atomic E-state index is 0.214. The number of β-lactam (4-membered cyclic amide) rings is 1. The van der Waals surface area contributed by atoms with Crippen molar-refractivity contribution in [3.8, 4) is 0 Å². The summed E-state index contributed by atoms with van der Waals surface area (Å²) in [6.45, 7) is 5.47. The molecule has 3 N–H and O–H groups in total. The highest BCUT2D eigenvalue weighted by molar-refractivity contribution is 6.12. The number of carbonyl (C=O) groups is 3. The van der Waals surface area contributed by atoms with Gasteiger partial charge < -0.3 is 11.1 Å². The molecule has 1 aromatic carbocycles. The second-order valence-corrected chi connectivity index (χ2v) is 9.63. The summed E-state index contributed by atoms with van der Waals surface area (Å²) in [5.74, 6) is -1.27. The highest BCUT2D eigenvalue weighted by Crippen LogP contribution is 2.34. The van der Waals surface area contributed by atoms with Gasteiger partial charge in [0.1, 0.15) is 23.5 Å². The van der Waals surface area contributed by atoms with Crippen molar-refractivity contribution in [3.05, 3.63) is 70.8 Å². The summed E-state index contributed by atoms with van der Waals surface area (Å²) in [5.41, 5.74) is 8.75. The molecule has 0 radical (unpaired) electrons. The fraction of sp³-hybridized carbons (Fsp3) is 0.370. The van der Waals surface area contributed by atoms with E-state index in [1.165, 1.54) is 21.7 Å². The molecule has 1 saturated heterocycles. The predicted molar refractivity (Wildman–Crippen MR) is 141 cm³/mol. The average molecular weight is 522 g/mol. The first-order chi connectivity index (χ1) is 18.0. The van der Waals surface area contributed by atoms with Crippen LogP contribution in [0.2, 0.25) is 0 Å². The number of rotatable bonds is 7. The highest BCUT2D eigenvalue weighted by Gasteiger charge is 2.55. The van der Waals surface area contributed by atoms with Crippen molar-refractivity contribution in [1.29, 1.82) is 0 Å². The maximum absolute atomic E-state index is 14.0. The van der Waals surface area contributed by atoms with Gasteiger partial charge in [0.05, 0.1) is 18.2 Å². The first-order valence-corrected chi connectivity index (χ1v) is 12.4. The number of nitrogen functional groups attached to an aromatic ring is 1. The van der Waals surface area contributed by atoms with E-state index in [1.54, 1.807) is 51.5 Å². The Labute approximate surface area is 220 Å². The van der Waals surface area contributed by atoms with Crippen LogP contribution in [0.3, 0.4) is 0 Å². The number of hydrogen-bond donors (Lipinski definition) is 2. The number of carbonyl (C=O) groups excluding carboxylic acids is 3. The van der Waals surface area contributed by atoms with Crippen molar-refractivity contribution in [2.45, 2.75) is 45.7 Å². The monoisotopic (exact) mass is 521 g/mol. The minimum Gasteiger partial charge on any atom is -0.384 e. The Bertz CT molecular complexity index is 1370. The molecule has 4 rings (SSSR count). The molecule has 4 amide bonds. The van der Waals surface area contributed by atoms with Crippen LogP contribution in [-0.2, 0) is 23.1 Å². The van der Waals surface area contributed by atoms with E-state index < -0.39 is 41.7 Å². The van der Waals surface area contributed by atoms with Crippen LogP contribution in [0.5, 0.6) is 0 Å². The van der Waals surface area contributed by atoms with Crippen LogP contribution in [0.15, 0.2) is 42.6 Å². The van der Waals surface area contributed by atoms with Crippen LogP contribution >= 0.6 is 0 Å². The van der Waals surface area contributed by atoms with Crippen molar-refractivity contribution in [2.75, 3.05) is 17.7 Å². The second-order valence-electron chi connectivity index (χ2n) is 9.63. The van der Waals surface area contributed by atoms with Crippen molar-refractivity contribution >= 4 is 29.5 Å². The van der Waals surface area contributed by atoms with E-state index in [0.29, 0.717) is 29.3 Å². The third kappa shape index (κ3) is 5.09. The second kappa shape index (κ2) is 10.6. The number of pyridine rings is 1. The number of likely N-dealkylation sites (N-methyl/N-ethyl adjacent to an activating group) is 1. The fourth-order valence-corrected chi connectivity index (χ4v) is 5.01. The molecule has 2 aromatic heterocycles. The Morgan fingerprint density at radius 2 is 1.95 bits per heavy atom. The van der Waals surface area contributed by atoms with Gasteiger partial charge in [0.2, 0.25) is 5.91 Å². The smallest absolute Gasteiger partial charge is 0.325 e. The number of aryl methyl sites for hydroxylation is 3. The Morgan fingerprint density at radius 1 is 1.21 bits per heavy atom. The van der Waals surface area contributed by atoms with E-state index in [-0.39, 0.29) is 6.42 Å².